The van der Waals surface area contributed by atoms with Crippen LogP contribution in [0.25, 0.3) is 0 Å². The highest BCUT2D eigenvalue weighted by Crippen LogP contribution is 2.39. The van der Waals surface area contributed by atoms with Gasteiger partial charge in [0.1, 0.15) is 0 Å². The van der Waals surface area contributed by atoms with E-state index in [1.807, 2.05) is 36.9 Å². The molecule has 158 valence electrons. The number of nitrogens with zero attached hydrogens (tertiary/aromatic N) is 3. The molecule has 29 heavy (non-hydrogen) atoms. The molecule has 1 aromatic carbocycles. The van der Waals surface area contributed by atoms with Crippen molar-refractivity contribution in [3.63, 3.8) is 0 Å². The second kappa shape index (κ2) is 7.70. The molecule has 0 aromatic heterocycles. The number of amides is 1. The summed E-state index contributed by atoms with van der Waals surface area (Å²) >= 11 is 0. The zero-order chi connectivity index (χ0) is 20.8. The Morgan fingerprint density at radius 1 is 1.24 bits per heavy atom. The predicted octanol–water partition coefficient (Wildman–Crippen LogP) is 0.961. The first-order valence-electron chi connectivity index (χ1n) is 10.4. The lowest BCUT2D eigenvalue weighted by Crippen LogP contribution is -2.78. The van der Waals surface area contributed by atoms with Crippen LogP contribution < -0.4 is 0 Å². The molecule has 7 heteroatoms. The zero-order valence-corrected chi connectivity index (χ0v) is 17.5. The lowest BCUT2D eigenvalue weighted by atomic mass is 9.83. The number of methoxy groups -OCH3 is 1. The minimum Gasteiger partial charge on any atom is -0.465 e. The van der Waals surface area contributed by atoms with Crippen molar-refractivity contribution in [1.82, 2.24) is 14.7 Å². The highest BCUT2D eigenvalue weighted by Gasteiger charge is 2.57. The normalized spacial score (nSPS) is 26.4. The Hall–Kier alpha value is -1.96. The Balaban J connectivity index is 1.50. The molecule has 1 aromatic rings. The van der Waals surface area contributed by atoms with E-state index >= 15 is 0 Å². The number of hydrogen-bond donors (Lipinski definition) is 1. The van der Waals surface area contributed by atoms with E-state index in [1.54, 1.807) is 6.07 Å². The van der Waals surface area contributed by atoms with E-state index in [-0.39, 0.29) is 29.4 Å². The predicted molar refractivity (Wildman–Crippen MR) is 108 cm³/mol. The number of rotatable bonds is 4. The van der Waals surface area contributed by atoms with Gasteiger partial charge in [-0.25, -0.2) is 4.79 Å². The van der Waals surface area contributed by atoms with Gasteiger partial charge in [-0.1, -0.05) is 26.0 Å². The van der Waals surface area contributed by atoms with Gasteiger partial charge < -0.3 is 14.7 Å². The molecule has 1 spiro atoms. The zero-order valence-electron chi connectivity index (χ0n) is 17.5. The topological polar surface area (TPSA) is 73.3 Å². The average Bonchev–Trinajstić information content (AvgIpc) is 3.04. The van der Waals surface area contributed by atoms with Gasteiger partial charge in [0, 0.05) is 51.2 Å². The molecular formula is C22H31N3O4. The maximum absolute atomic E-state index is 12.4. The molecule has 1 N–H and O–H groups in total. The highest BCUT2D eigenvalue weighted by molar-refractivity contribution is 5.89. The van der Waals surface area contributed by atoms with Crippen LogP contribution >= 0.6 is 0 Å². The Bertz CT molecular complexity index is 790. The third-order valence-corrected chi connectivity index (χ3v) is 6.52. The molecule has 0 saturated carbocycles. The number of carbonyl (C=O) groups excluding carboxylic acids is 2. The largest absolute Gasteiger partial charge is 0.465 e. The molecule has 3 fully saturated rings. The minimum atomic E-state index is -0.325. The van der Waals surface area contributed by atoms with E-state index in [0.717, 1.165) is 44.7 Å². The number of carbonyl (C=O) groups is 2. The molecule has 7 nitrogen and oxygen atoms in total. The molecule has 3 saturated heterocycles. The molecule has 0 radical (unpaired) electrons. The molecule has 0 unspecified atom stereocenters. The second-order valence-electron chi connectivity index (χ2n) is 9.13. The number of esters is 1. The molecule has 3 heterocycles. The molecule has 3 aliphatic heterocycles. The van der Waals surface area contributed by atoms with Crippen LogP contribution in [0.2, 0.25) is 0 Å². The smallest absolute Gasteiger partial charge is 0.337 e. The number of β-amino-alcohol motifs (C(OH)–C–C–N with tert-alkyl or cyclic N) is 1. The van der Waals surface area contributed by atoms with Crippen LogP contribution in [-0.4, -0.2) is 89.2 Å². The number of likely N-dealkylation sites (tertiary alicyclic amines) is 1. The monoisotopic (exact) mass is 401 g/mol. The van der Waals surface area contributed by atoms with Gasteiger partial charge in [-0.2, -0.15) is 0 Å². The van der Waals surface area contributed by atoms with Crippen LogP contribution in [0, 0.1) is 5.92 Å². The average molecular weight is 402 g/mol. The summed E-state index contributed by atoms with van der Waals surface area (Å²) in [6.07, 6.45) is 0.479. The molecule has 3 aliphatic rings. The lowest BCUT2D eigenvalue weighted by Gasteiger charge is -2.61. The number of benzene rings is 1. The maximum Gasteiger partial charge on any atom is 0.337 e. The van der Waals surface area contributed by atoms with Crippen molar-refractivity contribution in [2.45, 2.75) is 44.5 Å². The molecule has 1 amide bonds. The van der Waals surface area contributed by atoms with Crippen molar-refractivity contribution in [3.8, 4) is 0 Å². The van der Waals surface area contributed by atoms with Gasteiger partial charge in [-0.15, -0.1) is 0 Å². The number of piperazine rings is 1. The number of aliphatic hydroxyl groups is 1. The number of fused-ring (bicyclic) bond motifs is 2. The summed E-state index contributed by atoms with van der Waals surface area (Å²) in [6.45, 7) is 8.53. The fourth-order valence-corrected chi connectivity index (χ4v) is 5.28. The number of hydrogen-bond acceptors (Lipinski definition) is 6. The summed E-state index contributed by atoms with van der Waals surface area (Å²) in [7, 11) is 1.39. The van der Waals surface area contributed by atoms with E-state index in [4.69, 9.17) is 4.74 Å². The van der Waals surface area contributed by atoms with Crippen LogP contribution in [0.15, 0.2) is 24.3 Å². The Morgan fingerprint density at radius 2 is 2.00 bits per heavy atom. The van der Waals surface area contributed by atoms with Gasteiger partial charge in [-0.05, 0) is 24.1 Å². The van der Waals surface area contributed by atoms with Crippen molar-refractivity contribution in [2.24, 2.45) is 5.92 Å². The van der Waals surface area contributed by atoms with E-state index < -0.39 is 0 Å². The molecule has 0 bridgehead atoms. The van der Waals surface area contributed by atoms with Crippen LogP contribution in [0.5, 0.6) is 0 Å². The van der Waals surface area contributed by atoms with Crippen LogP contribution in [-0.2, 0) is 16.1 Å². The van der Waals surface area contributed by atoms with Crippen LogP contribution in [0.1, 0.15) is 36.2 Å². The van der Waals surface area contributed by atoms with Gasteiger partial charge in [-0.3, -0.25) is 14.6 Å². The first-order valence-corrected chi connectivity index (χ1v) is 10.4. The first kappa shape index (κ1) is 20.3. The summed E-state index contributed by atoms with van der Waals surface area (Å²) in [5, 5.41) is 10.3. The van der Waals surface area contributed by atoms with Gasteiger partial charge in [0.05, 0.1) is 24.3 Å². The van der Waals surface area contributed by atoms with E-state index in [9.17, 15) is 14.7 Å². The van der Waals surface area contributed by atoms with Gasteiger partial charge >= 0.3 is 5.97 Å². The van der Waals surface area contributed by atoms with Gasteiger partial charge in [0.2, 0.25) is 5.91 Å². The fraction of sp³-hybridized carbons (Fsp3) is 0.636. The van der Waals surface area contributed by atoms with Crippen molar-refractivity contribution in [2.75, 3.05) is 39.8 Å². The maximum atomic E-state index is 12.4. The van der Waals surface area contributed by atoms with E-state index in [2.05, 4.69) is 9.80 Å². The molecule has 0 aliphatic carbocycles. The Kier molecular flexibility index (Phi) is 5.40. The van der Waals surface area contributed by atoms with Crippen molar-refractivity contribution >= 4 is 11.9 Å². The van der Waals surface area contributed by atoms with Gasteiger partial charge in [0.25, 0.3) is 0 Å². The number of ether oxygens (including phenoxy) is 1. The van der Waals surface area contributed by atoms with Crippen LogP contribution in [0.4, 0.5) is 0 Å². The summed E-state index contributed by atoms with van der Waals surface area (Å²) in [5.74, 6) is -0.114. The van der Waals surface area contributed by atoms with Crippen molar-refractivity contribution in [1.29, 1.82) is 0 Å². The standard InChI is InChI=1S/C22H31N3O4/c1-15(2)20(27)24-13-22(14-24)12-23(10-18-8-19(26)11-25(18)22)9-16-5-4-6-17(7-16)21(28)29-3/h4-7,15,18-19,26H,8-14H2,1-3H3/t18-,19-/m1/s1. The first-order chi connectivity index (χ1) is 13.8. The molecule has 2 atom stereocenters. The number of aliphatic hydroxyl groups excluding tert-OH is 1. The van der Waals surface area contributed by atoms with E-state index in [0.29, 0.717) is 18.2 Å². The third-order valence-electron chi connectivity index (χ3n) is 6.52. The second-order valence-corrected chi connectivity index (χ2v) is 9.13. The Morgan fingerprint density at radius 3 is 2.69 bits per heavy atom. The lowest BCUT2D eigenvalue weighted by molar-refractivity contribution is -0.159. The quantitative estimate of drug-likeness (QED) is 0.758. The molecular weight excluding hydrogens is 370 g/mol. The fourth-order valence-electron chi connectivity index (χ4n) is 5.28. The van der Waals surface area contributed by atoms with Crippen molar-refractivity contribution in [3.05, 3.63) is 35.4 Å². The SMILES string of the molecule is COC(=O)c1cccc(CN2C[C@H]3C[C@@H](O)CN3C3(C2)CN(C(=O)C(C)C)C3)c1. The van der Waals surface area contributed by atoms with E-state index in [1.165, 1.54) is 7.11 Å². The summed E-state index contributed by atoms with van der Waals surface area (Å²) in [4.78, 5) is 31.1. The summed E-state index contributed by atoms with van der Waals surface area (Å²) < 4.78 is 4.84. The highest BCUT2D eigenvalue weighted by atomic mass is 16.5. The summed E-state index contributed by atoms with van der Waals surface area (Å²) in [6, 6.07) is 7.88. The van der Waals surface area contributed by atoms with Crippen LogP contribution in [0.3, 0.4) is 0 Å². The minimum absolute atomic E-state index is 0.00747. The Labute approximate surface area is 172 Å². The summed E-state index contributed by atoms with van der Waals surface area (Å²) in [5.41, 5.74) is 1.56. The van der Waals surface area contributed by atoms with Gasteiger partial charge in [0.15, 0.2) is 0 Å². The molecule has 4 rings (SSSR count). The third kappa shape index (κ3) is 3.79. The van der Waals surface area contributed by atoms with Crippen molar-refractivity contribution < 1.29 is 19.4 Å².